The number of ether oxygens (including phenoxy) is 2. The largest absolute Gasteiger partial charge is 0.454 e. The maximum Gasteiger partial charge on any atom is 0.255 e. The van der Waals surface area contributed by atoms with Crippen LogP contribution in [0.2, 0.25) is 0 Å². The van der Waals surface area contributed by atoms with Crippen LogP contribution in [-0.4, -0.2) is 29.3 Å². The average molecular weight is 433 g/mol. The molecule has 1 atom stereocenters. The van der Waals surface area contributed by atoms with Gasteiger partial charge in [-0.25, -0.2) is 0 Å². The zero-order valence-electron chi connectivity index (χ0n) is 16.6. The molecule has 31 heavy (non-hydrogen) atoms. The molecule has 3 aromatic carbocycles. The average Bonchev–Trinajstić information content (AvgIpc) is 3.41. The van der Waals surface area contributed by atoms with Crippen LogP contribution in [0.5, 0.6) is 11.5 Å². The van der Waals surface area contributed by atoms with E-state index in [0.29, 0.717) is 35.0 Å². The molecule has 0 radical (unpaired) electrons. The van der Waals surface area contributed by atoms with Crippen molar-refractivity contribution < 1.29 is 19.1 Å². The highest BCUT2D eigenvalue weighted by Gasteiger charge is 2.32. The Morgan fingerprint density at radius 1 is 1.00 bits per heavy atom. The standard InChI is InChI=1S/C24H20N2O4S/c27-22-14-31-24(26(22)13-16-4-2-1-3-5-16)18-8-6-17(7-9-18)23(28)25-19-10-11-20-21(12-19)30-15-29-20/h1-12,24H,13-15H2,(H,25,28). The van der Waals surface area contributed by atoms with Gasteiger partial charge in [-0.1, -0.05) is 42.5 Å². The molecule has 3 aromatic rings. The summed E-state index contributed by atoms with van der Waals surface area (Å²) in [4.78, 5) is 27.0. The van der Waals surface area contributed by atoms with Crippen molar-refractivity contribution in [1.29, 1.82) is 0 Å². The van der Waals surface area contributed by atoms with E-state index in [1.165, 1.54) is 0 Å². The molecule has 0 spiro atoms. The molecule has 2 amide bonds. The van der Waals surface area contributed by atoms with Crippen molar-refractivity contribution in [3.63, 3.8) is 0 Å². The fourth-order valence-electron chi connectivity index (χ4n) is 3.66. The summed E-state index contributed by atoms with van der Waals surface area (Å²) in [7, 11) is 0. The number of fused-ring (bicyclic) bond motifs is 1. The van der Waals surface area contributed by atoms with Crippen molar-refractivity contribution in [2.24, 2.45) is 0 Å². The molecule has 7 heteroatoms. The Hall–Kier alpha value is -3.45. The van der Waals surface area contributed by atoms with E-state index in [9.17, 15) is 9.59 Å². The minimum atomic E-state index is -0.207. The zero-order chi connectivity index (χ0) is 21.2. The first-order valence-corrected chi connectivity index (χ1v) is 11.0. The number of benzene rings is 3. The Labute approximate surface area is 184 Å². The van der Waals surface area contributed by atoms with Crippen molar-refractivity contribution in [2.75, 3.05) is 17.9 Å². The summed E-state index contributed by atoms with van der Waals surface area (Å²) >= 11 is 1.61. The molecule has 2 aliphatic heterocycles. The molecule has 1 unspecified atom stereocenters. The third-order valence-electron chi connectivity index (χ3n) is 5.25. The predicted molar refractivity (Wildman–Crippen MR) is 119 cm³/mol. The highest BCUT2D eigenvalue weighted by Crippen LogP contribution is 2.39. The van der Waals surface area contributed by atoms with Gasteiger partial charge in [-0.2, -0.15) is 0 Å². The van der Waals surface area contributed by atoms with E-state index in [1.807, 2.05) is 47.4 Å². The van der Waals surface area contributed by atoms with E-state index in [2.05, 4.69) is 5.32 Å². The second kappa shape index (κ2) is 8.35. The van der Waals surface area contributed by atoms with Gasteiger partial charge in [-0.3, -0.25) is 9.59 Å². The number of amides is 2. The number of carbonyl (C=O) groups is 2. The lowest BCUT2D eigenvalue weighted by Gasteiger charge is -2.24. The van der Waals surface area contributed by atoms with Gasteiger partial charge in [0.1, 0.15) is 5.37 Å². The number of anilines is 1. The summed E-state index contributed by atoms with van der Waals surface area (Å²) in [6.07, 6.45) is 0. The van der Waals surface area contributed by atoms with Crippen molar-refractivity contribution in [3.05, 3.63) is 89.5 Å². The van der Waals surface area contributed by atoms with Crippen LogP contribution in [0.15, 0.2) is 72.8 Å². The molecule has 2 aliphatic rings. The van der Waals surface area contributed by atoms with Crippen LogP contribution in [0.4, 0.5) is 5.69 Å². The van der Waals surface area contributed by atoms with Crippen molar-refractivity contribution >= 4 is 29.3 Å². The fraction of sp³-hybridized carbons (Fsp3) is 0.167. The second-order valence-electron chi connectivity index (χ2n) is 7.31. The Balaban J connectivity index is 1.28. The van der Waals surface area contributed by atoms with Crippen LogP contribution in [0.1, 0.15) is 26.9 Å². The quantitative estimate of drug-likeness (QED) is 0.646. The number of hydrogen-bond donors (Lipinski definition) is 1. The summed E-state index contributed by atoms with van der Waals surface area (Å²) in [5.74, 6) is 1.68. The van der Waals surface area contributed by atoms with Crippen molar-refractivity contribution in [1.82, 2.24) is 4.90 Å². The maximum absolute atomic E-state index is 12.7. The fourth-order valence-corrected chi connectivity index (χ4v) is 4.85. The molecule has 2 heterocycles. The third kappa shape index (κ3) is 4.09. The van der Waals surface area contributed by atoms with Gasteiger partial charge < -0.3 is 19.7 Å². The maximum atomic E-state index is 12.7. The van der Waals surface area contributed by atoms with Gasteiger partial charge in [-0.15, -0.1) is 11.8 Å². The molecule has 0 bridgehead atoms. The number of nitrogens with zero attached hydrogens (tertiary/aromatic N) is 1. The lowest BCUT2D eigenvalue weighted by atomic mass is 10.1. The molecule has 1 saturated heterocycles. The molecule has 0 aromatic heterocycles. The minimum absolute atomic E-state index is 0.0568. The van der Waals surface area contributed by atoms with Crippen LogP contribution >= 0.6 is 11.8 Å². The Kier molecular flexibility index (Phi) is 5.26. The lowest BCUT2D eigenvalue weighted by molar-refractivity contribution is -0.128. The summed E-state index contributed by atoms with van der Waals surface area (Å²) in [6.45, 7) is 0.765. The smallest absolute Gasteiger partial charge is 0.255 e. The van der Waals surface area contributed by atoms with E-state index < -0.39 is 0 Å². The highest BCUT2D eigenvalue weighted by atomic mass is 32.2. The monoisotopic (exact) mass is 432 g/mol. The molecule has 156 valence electrons. The molecule has 0 aliphatic carbocycles. The van der Waals surface area contributed by atoms with E-state index in [0.717, 1.165) is 11.1 Å². The van der Waals surface area contributed by atoms with E-state index in [-0.39, 0.29) is 24.0 Å². The first-order chi connectivity index (χ1) is 15.2. The number of thioether (sulfide) groups is 1. The lowest BCUT2D eigenvalue weighted by Crippen LogP contribution is -2.27. The van der Waals surface area contributed by atoms with E-state index in [1.54, 1.807) is 42.1 Å². The van der Waals surface area contributed by atoms with Gasteiger partial charge >= 0.3 is 0 Å². The molecule has 0 saturated carbocycles. The number of carbonyl (C=O) groups excluding carboxylic acids is 2. The van der Waals surface area contributed by atoms with Crippen LogP contribution in [-0.2, 0) is 11.3 Å². The van der Waals surface area contributed by atoms with E-state index >= 15 is 0 Å². The predicted octanol–water partition coefficient (Wildman–Crippen LogP) is 4.44. The molecular weight excluding hydrogens is 412 g/mol. The first-order valence-electron chi connectivity index (χ1n) is 9.93. The molecule has 5 rings (SSSR count). The van der Waals surface area contributed by atoms with Gasteiger partial charge in [0, 0.05) is 23.9 Å². The second-order valence-corrected chi connectivity index (χ2v) is 8.38. The Bertz CT molecular complexity index is 1120. The van der Waals surface area contributed by atoms with Crippen LogP contribution in [0.25, 0.3) is 0 Å². The Morgan fingerprint density at radius 2 is 1.77 bits per heavy atom. The molecule has 1 fully saturated rings. The minimum Gasteiger partial charge on any atom is -0.454 e. The van der Waals surface area contributed by atoms with Gasteiger partial charge in [0.2, 0.25) is 12.7 Å². The van der Waals surface area contributed by atoms with Gasteiger partial charge in [0.05, 0.1) is 5.75 Å². The van der Waals surface area contributed by atoms with E-state index in [4.69, 9.17) is 9.47 Å². The van der Waals surface area contributed by atoms with Crippen LogP contribution in [0.3, 0.4) is 0 Å². The van der Waals surface area contributed by atoms with Crippen molar-refractivity contribution in [3.8, 4) is 11.5 Å². The van der Waals surface area contributed by atoms with Gasteiger partial charge in [0.15, 0.2) is 11.5 Å². The summed E-state index contributed by atoms with van der Waals surface area (Å²) in [5, 5.41) is 2.82. The number of rotatable bonds is 5. The molecule has 6 nitrogen and oxygen atoms in total. The zero-order valence-corrected chi connectivity index (χ0v) is 17.4. The number of nitrogens with one attached hydrogen (secondary N) is 1. The summed E-state index contributed by atoms with van der Waals surface area (Å²) in [6, 6.07) is 22.7. The van der Waals surface area contributed by atoms with Crippen LogP contribution < -0.4 is 14.8 Å². The summed E-state index contributed by atoms with van der Waals surface area (Å²) in [5.41, 5.74) is 3.30. The highest BCUT2D eigenvalue weighted by molar-refractivity contribution is 8.00. The van der Waals surface area contributed by atoms with Crippen molar-refractivity contribution in [2.45, 2.75) is 11.9 Å². The first kappa shape index (κ1) is 19.5. The summed E-state index contributed by atoms with van der Waals surface area (Å²) < 4.78 is 10.6. The molecular formula is C24H20N2O4S. The van der Waals surface area contributed by atoms with Gasteiger partial charge in [-0.05, 0) is 35.4 Å². The van der Waals surface area contributed by atoms with Crippen LogP contribution in [0, 0.1) is 0 Å². The SMILES string of the molecule is O=C(Nc1ccc2c(c1)OCO2)c1ccc(C2SCC(=O)N2Cc2ccccc2)cc1. The number of hydrogen-bond acceptors (Lipinski definition) is 5. The third-order valence-corrected chi connectivity index (χ3v) is 6.51. The topological polar surface area (TPSA) is 67.9 Å². The normalized spacial score (nSPS) is 17.1. The Morgan fingerprint density at radius 3 is 2.58 bits per heavy atom. The van der Waals surface area contributed by atoms with Gasteiger partial charge in [0.25, 0.3) is 5.91 Å². The molecule has 1 N–H and O–H groups in total.